The molecule has 0 amide bonds. The van der Waals surface area contributed by atoms with Crippen LogP contribution in [0.2, 0.25) is 20.1 Å². The molecule has 0 N–H and O–H groups in total. The molecule has 0 unspecified atom stereocenters. The van der Waals surface area contributed by atoms with E-state index in [-0.39, 0.29) is 0 Å². The lowest BCUT2D eigenvalue weighted by molar-refractivity contribution is 0.821. The fraction of sp³-hybridized carbons (Fsp3) is 0.200. The lowest BCUT2D eigenvalue weighted by Crippen LogP contribution is -1.91. The molecule has 0 aliphatic rings. The maximum atomic E-state index is 5.97. The quantitative estimate of drug-likeness (QED) is 0.601. The van der Waals surface area contributed by atoms with E-state index in [4.69, 9.17) is 46.4 Å². The Balaban J connectivity index is 1.96. The van der Waals surface area contributed by atoms with Gasteiger partial charge in [-0.25, -0.2) is 0 Å². The zero-order valence-corrected chi connectivity index (χ0v) is 13.1. The lowest BCUT2D eigenvalue weighted by atomic mass is 10.0. The van der Waals surface area contributed by atoms with Gasteiger partial charge in [-0.15, -0.1) is 0 Å². The van der Waals surface area contributed by atoms with Crippen molar-refractivity contribution in [2.75, 3.05) is 0 Å². The van der Waals surface area contributed by atoms with Crippen LogP contribution in [0.5, 0.6) is 0 Å². The van der Waals surface area contributed by atoms with E-state index in [0.29, 0.717) is 20.1 Å². The van der Waals surface area contributed by atoms with Gasteiger partial charge in [-0.05, 0) is 66.8 Å². The summed E-state index contributed by atoms with van der Waals surface area (Å²) in [6, 6.07) is 11.3. The van der Waals surface area contributed by atoms with Crippen LogP contribution in [-0.2, 0) is 12.8 Å². The van der Waals surface area contributed by atoms with Crippen LogP contribution in [-0.4, -0.2) is 0 Å². The molecule has 100 valence electrons. The maximum absolute atomic E-state index is 5.97. The Morgan fingerprint density at radius 1 is 0.526 bits per heavy atom. The topological polar surface area (TPSA) is 0 Å². The normalized spacial score (nSPS) is 10.7. The Labute approximate surface area is 133 Å². The first kappa shape index (κ1) is 15.0. The van der Waals surface area contributed by atoms with Crippen molar-refractivity contribution in [1.82, 2.24) is 0 Å². The van der Waals surface area contributed by atoms with Crippen LogP contribution < -0.4 is 0 Å². The van der Waals surface area contributed by atoms with Crippen molar-refractivity contribution in [3.8, 4) is 0 Å². The van der Waals surface area contributed by atoms with Crippen LogP contribution in [0.4, 0.5) is 0 Å². The number of hydrogen-bond acceptors (Lipinski definition) is 0. The minimum absolute atomic E-state index is 0.674. The lowest BCUT2D eigenvalue weighted by Gasteiger charge is -2.05. The van der Waals surface area contributed by atoms with E-state index >= 15 is 0 Å². The molecule has 0 fully saturated rings. The van der Waals surface area contributed by atoms with Gasteiger partial charge < -0.3 is 0 Å². The second-order valence-corrected chi connectivity index (χ2v) is 6.15. The molecule has 2 aromatic rings. The van der Waals surface area contributed by atoms with E-state index in [1.165, 1.54) is 0 Å². The molecule has 0 aromatic heterocycles. The average molecular weight is 334 g/mol. The third-order valence-electron chi connectivity index (χ3n) is 2.78. The van der Waals surface area contributed by atoms with E-state index in [9.17, 15) is 0 Å². The zero-order valence-electron chi connectivity index (χ0n) is 10.1. The highest BCUT2D eigenvalue weighted by molar-refractivity contribution is 6.35. The van der Waals surface area contributed by atoms with Crippen molar-refractivity contribution in [1.29, 1.82) is 0 Å². The first-order valence-electron chi connectivity index (χ1n) is 5.93. The van der Waals surface area contributed by atoms with Gasteiger partial charge in [-0.1, -0.05) is 46.4 Å². The van der Waals surface area contributed by atoms with Gasteiger partial charge in [0, 0.05) is 20.1 Å². The molecule has 0 radical (unpaired) electrons. The summed E-state index contributed by atoms with van der Waals surface area (Å²) in [5.41, 5.74) is 2.29. The summed E-state index contributed by atoms with van der Waals surface area (Å²) in [6.45, 7) is 0. The van der Waals surface area contributed by atoms with Gasteiger partial charge in [0.1, 0.15) is 0 Å². The van der Waals surface area contributed by atoms with Crippen LogP contribution >= 0.6 is 46.4 Å². The Hall–Kier alpha value is -0.400. The highest BCUT2D eigenvalue weighted by Crippen LogP contribution is 2.22. The zero-order chi connectivity index (χ0) is 13.8. The molecule has 19 heavy (non-hydrogen) atoms. The molecule has 0 heterocycles. The molecule has 2 rings (SSSR count). The van der Waals surface area contributed by atoms with E-state index in [1.54, 1.807) is 12.1 Å². The minimum Gasteiger partial charge on any atom is -0.0843 e. The number of aryl methyl sites for hydroxylation is 2. The van der Waals surface area contributed by atoms with Gasteiger partial charge in [0.05, 0.1) is 0 Å². The molecule has 0 atom stereocenters. The summed E-state index contributed by atoms with van der Waals surface area (Å²) in [5.74, 6) is 0. The molecule has 0 bridgehead atoms. The van der Waals surface area contributed by atoms with Crippen molar-refractivity contribution in [3.05, 3.63) is 67.6 Å². The van der Waals surface area contributed by atoms with Crippen molar-refractivity contribution < 1.29 is 0 Å². The van der Waals surface area contributed by atoms with Crippen LogP contribution in [0.3, 0.4) is 0 Å². The summed E-state index contributed by atoms with van der Waals surface area (Å²) in [4.78, 5) is 0. The standard InChI is InChI=1S/C15H12Cl4/c16-12-4-10(5-13(17)8-12)2-1-3-11-6-14(18)9-15(19)7-11/h4-9H,1-3H2. The summed E-state index contributed by atoms with van der Waals surface area (Å²) in [7, 11) is 0. The molecular formula is C15H12Cl4. The number of hydrogen-bond donors (Lipinski definition) is 0. The summed E-state index contributed by atoms with van der Waals surface area (Å²) in [6.07, 6.45) is 2.84. The van der Waals surface area contributed by atoms with E-state index < -0.39 is 0 Å². The smallest absolute Gasteiger partial charge is 0.0423 e. The molecular weight excluding hydrogens is 322 g/mol. The SMILES string of the molecule is Clc1cc(Cl)cc(CCCc2cc(Cl)cc(Cl)c2)c1. The molecule has 0 spiro atoms. The van der Waals surface area contributed by atoms with Crippen molar-refractivity contribution in [2.45, 2.75) is 19.3 Å². The van der Waals surface area contributed by atoms with Gasteiger partial charge in [0.15, 0.2) is 0 Å². The monoisotopic (exact) mass is 332 g/mol. The highest BCUT2D eigenvalue weighted by atomic mass is 35.5. The third kappa shape index (κ3) is 4.89. The van der Waals surface area contributed by atoms with Crippen LogP contribution in [0.25, 0.3) is 0 Å². The molecule has 4 heteroatoms. The predicted molar refractivity (Wildman–Crippen MR) is 84.9 cm³/mol. The third-order valence-corrected chi connectivity index (χ3v) is 3.65. The molecule has 0 saturated carbocycles. The Kier molecular flexibility index (Phi) is 5.41. The van der Waals surface area contributed by atoms with Crippen LogP contribution in [0, 0.1) is 0 Å². The van der Waals surface area contributed by atoms with E-state index in [0.717, 1.165) is 30.4 Å². The molecule has 0 nitrogen and oxygen atoms in total. The average Bonchev–Trinajstić information content (AvgIpc) is 2.26. The Bertz CT molecular complexity index is 486. The molecule has 0 aliphatic carbocycles. The molecule has 0 aliphatic heterocycles. The van der Waals surface area contributed by atoms with E-state index in [1.807, 2.05) is 24.3 Å². The van der Waals surface area contributed by atoms with Gasteiger partial charge in [0.25, 0.3) is 0 Å². The fourth-order valence-corrected chi connectivity index (χ4v) is 3.15. The van der Waals surface area contributed by atoms with Crippen LogP contribution in [0.15, 0.2) is 36.4 Å². The first-order chi connectivity index (χ1) is 9.02. The Morgan fingerprint density at radius 3 is 1.16 bits per heavy atom. The van der Waals surface area contributed by atoms with Gasteiger partial charge in [0.2, 0.25) is 0 Å². The summed E-state index contributed by atoms with van der Waals surface area (Å²) >= 11 is 23.9. The number of halogens is 4. The highest BCUT2D eigenvalue weighted by Gasteiger charge is 2.01. The fourth-order valence-electron chi connectivity index (χ4n) is 2.01. The summed E-state index contributed by atoms with van der Waals surface area (Å²) < 4.78 is 0. The molecule has 0 saturated heterocycles. The second-order valence-electron chi connectivity index (χ2n) is 4.41. The summed E-state index contributed by atoms with van der Waals surface area (Å²) in [5, 5.41) is 2.70. The van der Waals surface area contributed by atoms with Crippen molar-refractivity contribution in [2.24, 2.45) is 0 Å². The second kappa shape index (κ2) is 6.85. The largest absolute Gasteiger partial charge is 0.0843 e. The van der Waals surface area contributed by atoms with Gasteiger partial charge in [-0.2, -0.15) is 0 Å². The number of benzene rings is 2. The van der Waals surface area contributed by atoms with Crippen LogP contribution in [0.1, 0.15) is 17.5 Å². The molecule has 2 aromatic carbocycles. The minimum atomic E-state index is 0.674. The van der Waals surface area contributed by atoms with Gasteiger partial charge in [-0.3, -0.25) is 0 Å². The van der Waals surface area contributed by atoms with Crippen molar-refractivity contribution in [3.63, 3.8) is 0 Å². The maximum Gasteiger partial charge on any atom is 0.0423 e. The Morgan fingerprint density at radius 2 is 0.842 bits per heavy atom. The first-order valence-corrected chi connectivity index (χ1v) is 7.44. The predicted octanol–water partition coefficient (Wildman–Crippen LogP) is 6.48. The van der Waals surface area contributed by atoms with E-state index in [2.05, 4.69) is 0 Å². The van der Waals surface area contributed by atoms with Gasteiger partial charge >= 0.3 is 0 Å². The number of rotatable bonds is 4. The van der Waals surface area contributed by atoms with Crippen molar-refractivity contribution >= 4 is 46.4 Å².